The Morgan fingerprint density at radius 2 is 1.71 bits per heavy atom. The van der Waals surface area contributed by atoms with Crippen molar-refractivity contribution < 1.29 is 14.3 Å². The van der Waals surface area contributed by atoms with E-state index in [1.54, 1.807) is 6.92 Å². The number of hydrogen-bond acceptors (Lipinski definition) is 6. The lowest BCUT2D eigenvalue weighted by molar-refractivity contribution is -0.161. The van der Waals surface area contributed by atoms with Crippen LogP contribution in [0.2, 0.25) is 0 Å². The molecular weight excluding hydrogens is 186 g/mol. The average Bonchev–Trinajstić information content (AvgIpc) is 2.16. The van der Waals surface area contributed by atoms with Crippen LogP contribution in [0.1, 0.15) is 19.8 Å². The van der Waals surface area contributed by atoms with Crippen molar-refractivity contribution in [1.29, 1.82) is 0 Å². The fourth-order valence-electron chi connectivity index (χ4n) is 0.715. The van der Waals surface area contributed by atoms with E-state index >= 15 is 0 Å². The minimum Gasteiger partial charge on any atom is -0.391 e. The number of nitrogens with two attached hydrogens (primary N) is 3. The van der Waals surface area contributed by atoms with Gasteiger partial charge in [-0.25, -0.2) is 9.59 Å². The molecule has 0 fully saturated rings. The third-order valence-electron chi connectivity index (χ3n) is 1.72. The molecule has 0 aliphatic rings. The molecule has 0 aromatic rings. The Kier molecular flexibility index (Phi) is 6.02. The highest BCUT2D eigenvalue weighted by Crippen LogP contribution is 1.95. The largest absolute Gasteiger partial charge is 0.391 e. The molecule has 0 aromatic heterocycles. The lowest BCUT2D eigenvalue weighted by Gasteiger charge is -2.11. The third-order valence-corrected chi connectivity index (χ3v) is 1.72. The summed E-state index contributed by atoms with van der Waals surface area (Å²) in [6.45, 7) is 1.99. The zero-order valence-electron chi connectivity index (χ0n) is 8.23. The van der Waals surface area contributed by atoms with E-state index in [0.29, 0.717) is 6.42 Å². The predicted molar refractivity (Wildman–Crippen MR) is 51.0 cm³/mol. The van der Waals surface area contributed by atoms with Crippen molar-refractivity contribution in [3.63, 3.8) is 0 Å². The van der Waals surface area contributed by atoms with Crippen molar-refractivity contribution in [2.45, 2.75) is 31.8 Å². The second-order valence-corrected chi connectivity index (χ2v) is 2.94. The summed E-state index contributed by atoms with van der Waals surface area (Å²) in [5, 5.41) is 0. The van der Waals surface area contributed by atoms with E-state index in [9.17, 15) is 9.59 Å². The Hall–Kier alpha value is -0.980. The minimum absolute atomic E-state index is 0.268. The summed E-state index contributed by atoms with van der Waals surface area (Å²) in [6.07, 6.45) is 0.700. The molecule has 0 aliphatic carbocycles. The maximum atomic E-state index is 11.1. The Bertz CT molecular complexity index is 208. The van der Waals surface area contributed by atoms with Crippen LogP contribution in [-0.2, 0) is 14.3 Å². The number of ether oxygens (including phenoxy) is 1. The van der Waals surface area contributed by atoms with Crippen LogP contribution < -0.4 is 17.2 Å². The molecule has 0 spiro atoms. The van der Waals surface area contributed by atoms with Gasteiger partial charge in [0.05, 0.1) is 0 Å². The minimum atomic E-state index is -0.854. The van der Waals surface area contributed by atoms with E-state index in [-0.39, 0.29) is 13.0 Å². The Labute approximate surface area is 82.8 Å². The fraction of sp³-hybridized carbons (Fsp3) is 0.750. The van der Waals surface area contributed by atoms with Crippen LogP contribution in [-0.4, -0.2) is 30.6 Å². The van der Waals surface area contributed by atoms with Crippen LogP contribution in [0, 0.1) is 0 Å². The quantitative estimate of drug-likeness (QED) is 0.368. The highest BCUT2D eigenvalue weighted by Gasteiger charge is 2.21. The standard InChI is InChI=1S/C8H17N3O3/c1-2-5(10)7(12)14-8(13)6(11)3-4-9/h5-6H,2-4,9-11H2,1H3. The second kappa shape index (κ2) is 6.47. The van der Waals surface area contributed by atoms with Crippen molar-refractivity contribution in [3.8, 4) is 0 Å². The van der Waals surface area contributed by atoms with Gasteiger partial charge in [0.1, 0.15) is 12.1 Å². The van der Waals surface area contributed by atoms with Gasteiger partial charge in [0, 0.05) is 0 Å². The molecule has 0 saturated heterocycles. The van der Waals surface area contributed by atoms with Gasteiger partial charge in [0.15, 0.2) is 0 Å². The summed E-state index contributed by atoms with van der Waals surface area (Å²) in [4.78, 5) is 22.1. The van der Waals surface area contributed by atoms with Gasteiger partial charge >= 0.3 is 11.9 Å². The van der Waals surface area contributed by atoms with Crippen molar-refractivity contribution in [3.05, 3.63) is 0 Å². The number of esters is 2. The maximum Gasteiger partial charge on any atom is 0.330 e. The average molecular weight is 203 g/mol. The van der Waals surface area contributed by atoms with Gasteiger partial charge in [0.2, 0.25) is 0 Å². The molecule has 0 radical (unpaired) electrons. The summed E-state index contributed by atoms with van der Waals surface area (Å²) in [5.41, 5.74) is 15.9. The summed E-state index contributed by atoms with van der Waals surface area (Å²) < 4.78 is 4.43. The first-order chi connectivity index (χ1) is 6.52. The van der Waals surface area contributed by atoms with Crippen LogP contribution in [0.4, 0.5) is 0 Å². The zero-order chi connectivity index (χ0) is 11.1. The van der Waals surface area contributed by atoms with Crippen LogP contribution in [0.15, 0.2) is 0 Å². The van der Waals surface area contributed by atoms with Gasteiger partial charge in [-0.15, -0.1) is 0 Å². The number of rotatable bonds is 5. The van der Waals surface area contributed by atoms with E-state index in [2.05, 4.69) is 4.74 Å². The monoisotopic (exact) mass is 203 g/mol. The fourth-order valence-corrected chi connectivity index (χ4v) is 0.715. The lowest BCUT2D eigenvalue weighted by Crippen LogP contribution is -2.40. The van der Waals surface area contributed by atoms with Gasteiger partial charge in [0.25, 0.3) is 0 Å². The molecule has 0 saturated carbocycles. The molecular formula is C8H17N3O3. The lowest BCUT2D eigenvalue weighted by atomic mass is 10.2. The maximum absolute atomic E-state index is 11.1. The molecule has 6 N–H and O–H groups in total. The van der Waals surface area contributed by atoms with Gasteiger partial charge in [-0.05, 0) is 19.4 Å². The molecule has 6 nitrogen and oxygen atoms in total. The van der Waals surface area contributed by atoms with Crippen LogP contribution >= 0.6 is 0 Å². The molecule has 0 bridgehead atoms. The molecule has 2 unspecified atom stereocenters. The smallest absolute Gasteiger partial charge is 0.330 e. The molecule has 0 aromatic carbocycles. The highest BCUT2D eigenvalue weighted by molar-refractivity contribution is 5.90. The SMILES string of the molecule is CCC(N)C(=O)OC(=O)C(N)CCN. The second-order valence-electron chi connectivity index (χ2n) is 2.94. The van der Waals surface area contributed by atoms with Gasteiger partial charge in [-0.1, -0.05) is 6.92 Å². The zero-order valence-corrected chi connectivity index (χ0v) is 8.23. The number of hydrogen-bond donors (Lipinski definition) is 3. The molecule has 14 heavy (non-hydrogen) atoms. The van der Waals surface area contributed by atoms with Crippen LogP contribution in [0.25, 0.3) is 0 Å². The first-order valence-electron chi connectivity index (χ1n) is 4.49. The van der Waals surface area contributed by atoms with Crippen molar-refractivity contribution >= 4 is 11.9 Å². The van der Waals surface area contributed by atoms with Crippen molar-refractivity contribution in [2.24, 2.45) is 17.2 Å². The molecule has 0 aliphatic heterocycles. The summed E-state index contributed by atoms with van der Waals surface area (Å²) in [6, 6.07) is -1.63. The summed E-state index contributed by atoms with van der Waals surface area (Å²) in [7, 11) is 0. The molecule has 0 amide bonds. The molecule has 2 atom stereocenters. The van der Waals surface area contributed by atoms with E-state index in [0.717, 1.165) is 0 Å². The topological polar surface area (TPSA) is 121 Å². The van der Waals surface area contributed by atoms with Crippen molar-refractivity contribution in [2.75, 3.05) is 6.54 Å². The van der Waals surface area contributed by atoms with Gasteiger partial charge in [-0.3, -0.25) is 0 Å². The number of carbonyl (C=O) groups excluding carboxylic acids is 2. The Morgan fingerprint density at radius 1 is 1.21 bits per heavy atom. The molecule has 0 heterocycles. The van der Waals surface area contributed by atoms with E-state index in [4.69, 9.17) is 17.2 Å². The predicted octanol–water partition coefficient (Wildman–Crippen LogP) is -1.53. The first-order valence-corrected chi connectivity index (χ1v) is 4.49. The summed E-state index contributed by atoms with van der Waals surface area (Å²) in [5.74, 6) is -1.52. The van der Waals surface area contributed by atoms with E-state index in [1.165, 1.54) is 0 Å². The first kappa shape index (κ1) is 13.0. The van der Waals surface area contributed by atoms with Gasteiger partial charge < -0.3 is 21.9 Å². The molecule has 0 rings (SSSR count). The Morgan fingerprint density at radius 3 is 2.14 bits per heavy atom. The normalized spacial score (nSPS) is 14.6. The van der Waals surface area contributed by atoms with E-state index < -0.39 is 24.0 Å². The van der Waals surface area contributed by atoms with Crippen LogP contribution in [0.3, 0.4) is 0 Å². The molecule has 82 valence electrons. The van der Waals surface area contributed by atoms with Gasteiger partial charge in [-0.2, -0.15) is 0 Å². The highest BCUT2D eigenvalue weighted by atomic mass is 16.6. The number of carbonyl (C=O) groups is 2. The summed E-state index contributed by atoms with van der Waals surface area (Å²) >= 11 is 0. The Balaban J connectivity index is 3.99. The molecule has 6 heteroatoms. The van der Waals surface area contributed by atoms with Crippen LogP contribution in [0.5, 0.6) is 0 Å². The van der Waals surface area contributed by atoms with E-state index in [1.807, 2.05) is 0 Å². The third kappa shape index (κ3) is 4.31. The van der Waals surface area contributed by atoms with Crippen molar-refractivity contribution in [1.82, 2.24) is 0 Å².